The van der Waals surface area contributed by atoms with Crippen molar-refractivity contribution in [2.75, 3.05) is 29.6 Å². The van der Waals surface area contributed by atoms with E-state index in [1.165, 1.54) is 0 Å². The van der Waals surface area contributed by atoms with Gasteiger partial charge in [-0.3, -0.25) is 14.4 Å². The van der Waals surface area contributed by atoms with Gasteiger partial charge >= 0.3 is 6.09 Å². The molecule has 2 fully saturated rings. The first kappa shape index (κ1) is 32.2. The van der Waals surface area contributed by atoms with Gasteiger partial charge in [0, 0.05) is 35.5 Å². The highest BCUT2D eigenvalue weighted by Crippen LogP contribution is 2.60. The van der Waals surface area contributed by atoms with Crippen molar-refractivity contribution in [2.45, 2.75) is 62.7 Å². The van der Waals surface area contributed by atoms with Crippen LogP contribution in [0, 0.1) is 5.92 Å². The van der Waals surface area contributed by atoms with Crippen LogP contribution in [0.25, 0.3) is 0 Å². The first-order chi connectivity index (χ1) is 23.1. The van der Waals surface area contributed by atoms with E-state index in [-0.39, 0.29) is 25.0 Å². The molecule has 12 heteroatoms. The molecule has 5 atom stereocenters. The summed E-state index contributed by atoms with van der Waals surface area (Å²) in [6, 6.07) is 25.0. The van der Waals surface area contributed by atoms with E-state index in [1.807, 2.05) is 92.0 Å². The van der Waals surface area contributed by atoms with Crippen LogP contribution in [-0.4, -0.2) is 66.4 Å². The van der Waals surface area contributed by atoms with Gasteiger partial charge in [-0.1, -0.05) is 72.8 Å². The first-order valence-electron chi connectivity index (χ1n) is 16.5. The van der Waals surface area contributed by atoms with Crippen molar-refractivity contribution in [3.05, 3.63) is 107 Å². The Balaban J connectivity index is 1.22. The monoisotopic (exact) mass is 669 g/mol. The average Bonchev–Trinajstić information content (AvgIpc) is 3.84. The van der Waals surface area contributed by atoms with Gasteiger partial charge in [0.1, 0.15) is 6.61 Å². The maximum Gasteiger partial charge on any atom is 0.414 e. The van der Waals surface area contributed by atoms with E-state index in [0.29, 0.717) is 48.7 Å². The summed E-state index contributed by atoms with van der Waals surface area (Å²) in [6.07, 6.45) is 1.21. The van der Waals surface area contributed by atoms with Gasteiger partial charge in [0.05, 0.1) is 43.1 Å². The second-order valence-electron chi connectivity index (χ2n) is 13.5. The Morgan fingerprint density at radius 2 is 1.79 bits per heavy atom. The summed E-state index contributed by atoms with van der Waals surface area (Å²) in [5.41, 5.74) is 2.57. The number of ether oxygens (including phenoxy) is 2. The summed E-state index contributed by atoms with van der Waals surface area (Å²) in [7, 11) is -3.40. The Morgan fingerprint density at radius 1 is 1.06 bits per heavy atom. The number of benzene rings is 3. The lowest BCUT2D eigenvalue weighted by atomic mass is 9.82. The van der Waals surface area contributed by atoms with Crippen molar-refractivity contribution in [3.63, 3.8) is 0 Å². The van der Waals surface area contributed by atoms with Gasteiger partial charge < -0.3 is 23.6 Å². The topological polar surface area (TPSA) is 110 Å². The summed E-state index contributed by atoms with van der Waals surface area (Å²) in [5.74, 6) is -1.02. The van der Waals surface area contributed by atoms with Crippen molar-refractivity contribution < 1.29 is 28.3 Å². The third-order valence-electron chi connectivity index (χ3n) is 10.1. The Hall–Kier alpha value is -4.39. The molecule has 4 heterocycles. The lowest BCUT2D eigenvalue weighted by Crippen LogP contribution is -2.45. The predicted octanol–water partition coefficient (Wildman–Crippen LogP) is 5.77. The Labute approximate surface area is 280 Å². The van der Waals surface area contributed by atoms with Gasteiger partial charge in [0.25, 0.3) is 5.91 Å². The molecule has 2 saturated heterocycles. The molecule has 7 rings (SSSR count). The molecule has 250 valence electrons. The van der Waals surface area contributed by atoms with Crippen LogP contribution in [-0.2, 0) is 33.0 Å². The molecular weight excluding hydrogens is 630 g/mol. The summed E-state index contributed by atoms with van der Waals surface area (Å²) < 4.78 is 30.3. The van der Waals surface area contributed by atoms with Gasteiger partial charge in [0.2, 0.25) is 8.41 Å². The summed E-state index contributed by atoms with van der Waals surface area (Å²) in [5, 5.41) is 18.8. The SMILES string of the molecule is C[C@@H]1[C@@H]([Si](C)(C)F)[C@H](CCn2cc(C(CO)c3ccccc3)nn2)O[C@@]12C(=O)N(Cc1ccccc1)c1ccc(N3CCOC3=O)cc12. The molecule has 3 aliphatic rings. The molecule has 0 bridgehead atoms. The fraction of sp³-hybridized carbons (Fsp3) is 0.389. The molecular formula is C36H40FN5O5Si. The number of nitrogens with zero attached hydrogens (tertiary/aromatic N) is 5. The Kier molecular flexibility index (Phi) is 8.42. The van der Waals surface area contributed by atoms with Crippen LogP contribution in [0.15, 0.2) is 85.1 Å². The van der Waals surface area contributed by atoms with E-state index in [4.69, 9.17) is 9.47 Å². The zero-order valence-electron chi connectivity index (χ0n) is 27.3. The van der Waals surface area contributed by atoms with Crippen LogP contribution in [0.4, 0.5) is 20.3 Å². The lowest BCUT2D eigenvalue weighted by molar-refractivity contribution is -0.146. The third-order valence-corrected chi connectivity index (χ3v) is 12.6. The van der Waals surface area contributed by atoms with Crippen molar-refractivity contribution in [1.82, 2.24) is 15.0 Å². The summed E-state index contributed by atoms with van der Waals surface area (Å²) in [6.45, 7) is 6.59. The van der Waals surface area contributed by atoms with Gasteiger partial charge in [0.15, 0.2) is 5.60 Å². The molecule has 3 aliphatic heterocycles. The molecule has 1 spiro atoms. The second kappa shape index (κ2) is 12.6. The highest BCUT2D eigenvalue weighted by atomic mass is 28.4. The maximum atomic E-state index is 16.4. The standard InChI is InChI=1S/C36H40FN5O5Si/c1-24-33(48(2,3)37)32(16-17-40-22-30(38-39-40)28(23-43)26-12-8-5-9-13-26)47-36(24)29-20-27(41-18-19-46-35(41)45)14-15-31(29)42(34(36)44)21-25-10-6-4-7-11-25/h4-15,20,22,24,28,32-33,43H,16-19,21,23H2,1-3H3/t24-,28?,32+,33-,36+/m1/s1. The third kappa shape index (κ3) is 5.51. The van der Waals surface area contributed by atoms with Crippen LogP contribution in [0.1, 0.15) is 41.6 Å². The van der Waals surface area contributed by atoms with E-state index in [0.717, 1.165) is 11.1 Å². The van der Waals surface area contributed by atoms with Crippen molar-refractivity contribution >= 4 is 31.8 Å². The van der Waals surface area contributed by atoms with Gasteiger partial charge in [-0.2, -0.15) is 0 Å². The van der Waals surface area contributed by atoms with E-state index in [2.05, 4.69) is 10.3 Å². The van der Waals surface area contributed by atoms with Gasteiger partial charge in [-0.05, 0) is 48.8 Å². The van der Waals surface area contributed by atoms with E-state index < -0.39 is 37.7 Å². The van der Waals surface area contributed by atoms with Crippen LogP contribution >= 0.6 is 0 Å². The number of aromatic nitrogens is 3. The number of aliphatic hydroxyl groups excluding tert-OH is 1. The van der Waals surface area contributed by atoms with Crippen LogP contribution < -0.4 is 9.80 Å². The number of halogens is 1. The number of hydrogen-bond donors (Lipinski definition) is 1. The number of anilines is 2. The fourth-order valence-electron chi connectivity index (χ4n) is 7.92. The normalized spacial score (nSPS) is 24.4. The fourth-order valence-corrected chi connectivity index (χ4v) is 10.5. The molecule has 3 aromatic carbocycles. The predicted molar refractivity (Wildman–Crippen MR) is 181 cm³/mol. The van der Waals surface area contributed by atoms with E-state index in [1.54, 1.807) is 27.6 Å². The van der Waals surface area contributed by atoms with Crippen molar-refractivity contribution in [1.29, 1.82) is 0 Å². The number of cyclic esters (lactones) is 1. The number of fused-ring (bicyclic) bond motifs is 2. The molecule has 0 aliphatic carbocycles. The van der Waals surface area contributed by atoms with Crippen molar-refractivity contribution in [2.24, 2.45) is 5.92 Å². The number of amides is 2. The number of carbonyl (C=O) groups excluding carboxylic acids is 2. The van der Waals surface area contributed by atoms with Crippen molar-refractivity contribution in [3.8, 4) is 0 Å². The van der Waals surface area contributed by atoms with Crippen LogP contribution in [0.5, 0.6) is 0 Å². The summed E-state index contributed by atoms with van der Waals surface area (Å²) >= 11 is 0. The number of rotatable bonds is 10. The van der Waals surface area contributed by atoms with Gasteiger partial charge in [-0.15, -0.1) is 5.10 Å². The molecule has 4 aromatic rings. The lowest BCUT2D eigenvalue weighted by Gasteiger charge is -2.31. The highest BCUT2D eigenvalue weighted by molar-refractivity contribution is 6.72. The maximum absolute atomic E-state index is 16.4. The average molecular weight is 670 g/mol. The first-order valence-corrected chi connectivity index (χ1v) is 19.4. The largest absolute Gasteiger partial charge is 0.447 e. The summed E-state index contributed by atoms with van der Waals surface area (Å²) in [4.78, 5) is 30.6. The second-order valence-corrected chi connectivity index (χ2v) is 17.3. The smallest absolute Gasteiger partial charge is 0.414 e. The quantitative estimate of drug-likeness (QED) is 0.169. The molecule has 48 heavy (non-hydrogen) atoms. The minimum Gasteiger partial charge on any atom is -0.447 e. The molecule has 1 unspecified atom stereocenters. The zero-order valence-corrected chi connectivity index (χ0v) is 28.3. The Bertz CT molecular complexity index is 1800. The zero-order chi connectivity index (χ0) is 33.6. The molecule has 1 aromatic heterocycles. The molecule has 0 radical (unpaired) electrons. The van der Waals surface area contributed by atoms with Crippen LogP contribution in [0.3, 0.4) is 0 Å². The van der Waals surface area contributed by atoms with E-state index >= 15 is 4.11 Å². The number of carbonyl (C=O) groups is 2. The molecule has 0 saturated carbocycles. The van der Waals surface area contributed by atoms with Crippen LogP contribution in [0.2, 0.25) is 18.6 Å². The highest BCUT2D eigenvalue weighted by Gasteiger charge is 2.66. The van der Waals surface area contributed by atoms with Gasteiger partial charge in [-0.25, -0.2) is 4.79 Å². The molecule has 2 amide bonds. The molecule has 1 N–H and O–H groups in total. The number of aryl methyl sites for hydroxylation is 1. The van der Waals surface area contributed by atoms with E-state index in [9.17, 15) is 14.7 Å². The number of aliphatic hydroxyl groups is 1. The minimum absolute atomic E-state index is 0.115. The molecule has 10 nitrogen and oxygen atoms in total. The minimum atomic E-state index is -3.40. The number of hydrogen-bond acceptors (Lipinski definition) is 7. The Morgan fingerprint density at radius 3 is 2.46 bits per heavy atom.